The second-order valence-electron chi connectivity index (χ2n) is 9.77. The molecule has 1 aromatic heterocycles. The molecule has 1 unspecified atom stereocenters. The molecule has 0 aliphatic carbocycles. The molecule has 34 heavy (non-hydrogen) atoms. The molecule has 0 saturated carbocycles. The number of unbranched alkanes of at least 4 members (excludes halogenated alkanes) is 1. The molecule has 0 spiro atoms. The molecule has 1 atom stereocenters. The van der Waals surface area contributed by atoms with Gasteiger partial charge in [-0.2, -0.15) is 5.10 Å². The summed E-state index contributed by atoms with van der Waals surface area (Å²) in [4.78, 5) is 26.0. The molecule has 0 aliphatic rings. The van der Waals surface area contributed by atoms with Crippen molar-refractivity contribution in [3.05, 3.63) is 77.5 Å². The van der Waals surface area contributed by atoms with Crippen LogP contribution in [0.5, 0.6) is 0 Å². The number of rotatable bonds is 9. The summed E-state index contributed by atoms with van der Waals surface area (Å²) in [6.45, 7) is 10.3. The van der Waals surface area contributed by atoms with Crippen LogP contribution in [0, 0.1) is 6.92 Å². The molecule has 0 bridgehead atoms. The molecule has 0 aliphatic heterocycles. The van der Waals surface area contributed by atoms with Gasteiger partial charge < -0.3 is 10.6 Å². The van der Waals surface area contributed by atoms with Crippen molar-refractivity contribution < 1.29 is 9.59 Å². The topological polar surface area (TPSA) is 76.0 Å². The summed E-state index contributed by atoms with van der Waals surface area (Å²) < 4.78 is 1.78. The first-order valence-corrected chi connectivity index (χ1v) is 12.0. The Labute approximate surface area is 202 Å². The predicted molar refractivity (Wildman–Crippen MR) is 137 cm³/mol. The van der Waals surface area contributed by atoms with E-state index >= 15 is 0 Å². The van der Waals surface area contributed by atoms with E-state index in [9.17, 15) is 9.59 Å². The van der Waals surface area contributed by atoms with E-state index in [2.05, 4.69) is 31.4 Å². The SMILES string of the molecule is CCCCC(=O)NC(Cc1ccccc1)C(=O)Nc1cc(C(C)(C)C)nn1-c1ccccc1C. The minimum absolute atomic E-state index is 0.110. The molecule has 2 aromatic carbocycles. The van der Waals surface area contributed by atoms with Gasteiger partial charge in [-0.25, -0.2) is 4.68 Å². The van der Waals surface area contributed by atoms with Crippen LogP contribution in [0.3, 0.4) is 0 Å². The Kier molecular flexibility index (Phi) is 8.26. The summed E-state index contributed by atoms with van der Waals surface area (Å²) in [5, 5.41) is 10.8. The van der Waals surface area contributed by atoms with Crippen LogP contribution in [0.25, 0.3) is 5.69 Å². The van der Waals surface area contributed by atoms with Crippen molar-refractivity contribution in [2.75, 3.05) is 5.32 Å². The van der Waals surface area contributed by atoms with E-state index in [1.807, 2.05) is 74.5 Å². The maximum atomic E-state index is 13.5. The van der Waals surface area contributed by atoms with Gasteiger partial charge in [0.15, 0.2) is 0 Å². The van der Waals surface area contributed by atoms with E-state index in [1.165, 1.54) is 0 Å². The van der Waals surface area contributed by atoms with Crippen LogP contribution in [-0.2, 0) is 21.4 Å². The highest BCUT2D eigenvalue weighted by Gasteiger charge is 2.26. The number of hydrogen-bond acceptors (Lipinski definition) is 3. The molecule has 3 aromatic rings. The monoisotopic (exact) mass is 460 g/mol. The van der Waals surface area contributed by atoms with Gasteiger partial charge in [0.05, 0.1) is 11.4 Å². The first kappa shape index (κ1) is 25.2. The third-order valence-electron chi connectivity index (χ3n) is 5.76. The summed E-state index contributed by atoms with van der Waals surface area (Å²) in [6.07, 6.45) is 2.54. The van der Waals surface area contributed by atoms with Crippen LogP contribution < -0.4 is 10.6 Å². The molecular formula is C28H36N4O2. The number of aromatic nitrogens is 2. The van der Waals surface area contributed by atoms with E-state index < -0.39 is 6.04 Å². The summed E-state index contributed by atoms with van der Waals surface area (Å²) in [7, 11) is 0. The van der Waals surface area contributed by atoms with Crippen LogP contribution in [0.4, 0.5) is 5.82 Å². The lowest BCUT2D eigenvalue weighted by Gasteiger charge is -2.19. The molecule has 2 amide bonds. The Morgan fingerprint density at radius 2 is 1.71 bits per heavy atom. The summed E-state index contributed by atoms with van der Waals surface area (Å²) >= 11 is 0. The summed E-state index contributed by atoms with van der Waals surface area (Å²) in [5.74, 6) is 0.217. The Bertz CT molecular complexity index is 1110. The van der Waals surface area contributed by atoms with Crippen molar-refractivity contribution in [3.8, 4) is 5.69 Å². The predicted octanol–water partition coefficient (Wildman–Crippen LogP) is 5.33. The van der Waals surface area contributed by atoms with Crippen molar-refractivity contribution in [1.82, 2.24) is 15.1 Å². The largest absolute Gasteiger partial charge is 0.344 e. The lowest BCUT2D eigenvalue weighted by atomic mass is 9.92. The second-order valence-corrected chi connectivity index (χ2v) is 9.77. The minimum Gasteiger partial charge on any atom is -0.344 e. The number of hydrogen-bond donors (Lipinski definition) is 2. The number of nitrogens with zero attached hydrogens (tertiary/aromatic N) is 2. The first-order chi connectivity index (χ1) is 16.2. The molecule has 0 radical (unpaired) electrons. The highest BCUT2D eigenvalue weighted by atomic mass is 16.2. The average Bonchev–Trinajstić information content (AvgIpc) is 3.22. The molecular weight excluding hydrogens is 424 g/mol. The van der Waals surface area contributed by atoms with Crippen molar-refractivity contribution in [2.24, 2.45) is 0 Å². The number of nitrogens with one attached hydrogen (secondary N) is 2. The van der Waals surface area contributed by atoms with E-state index in [1.54, 1.807) is 4.68 Å². The molecule has 3 rings (SSSR count). The quantitative estimate of drug-likeness (QED) is 0.453. The molecule has 2 N–H and O–H groups in total. The Morgan fingerprint density at radius 3 is 2.35 bits per heavy atom. The number of anilines is 1. The number of para-hydroxylation sites is 1. The third kappa shape index (κ3) is 6.56. The van der Waals surface area contributed by atoms with Gasteiger partial charge in [-0.15, -0.1) is 0 Å². The highest BCUT2D eigenvalue weighted by Crippen LogP contribution is 2.27. The van der Waals surface area contributed by atoms with Crippen LogP contribution in [0.1, 0.15) is 63.8 Å². The number of carbonyl (C=O) groups is 2. The normalized spacial score (nSPS) is 12.3. The van der Waals surface area contributed by atoms with Crippen LogP contribution >= 0.6 is 0 Å². The van der Waals surface area contributed by atoms with Gasteiger partial charge in [0.25, 0.3) is 0 Å². The highest BCUT2D eigenvalue weighted by molar-refractivity contribution is 5.97. The van der Waals surface area contributed by atoms with Crippen LogP contribution in [0.15, 0.2) is 60.7 Å². The van der Waals surface area contributed by atoms with Crippen LogP contribution in [0.2, 0.25) is 0 Å². The van der Waals surface area contributed by atoms with E-state index in [0.717, 1.165) is 35.3 Å². The number of aryl methyl sites for hydroxylation is 1. The third-order valence-corrected chi connectivity index (χ3v) is 5.76. The Balaban J connectivity index is 1.92. The molecule has 180 valence electrons. The zero-order valence-electron chi connectivity index (χ0n) is 20.9. The number of carbonyl (C=O) groups excluding carboxylic acids is 2. The van der Waals surface area contributed by atoms with Gasteiger partial charge in [0, 0.05) is 24.3 Å². The summed E-state index contributed by atoms with van der Waals surface area (Å²) in [5.41, 5.74) is 3.62. The fourth-order valence-corrected chi connectivity index (χ4v) is 3.70. The number of amides is 2. The van der Waals surface area contributed by atoms with Gasteiger partial charge >= 0.3 is 0 Å². The van der Waals surface area contributed by atoms with E-state index in [0.29, 0.717) is 18.7 Å². The Morgan fingerprint density at radius 1 is 1.03 bits per heavy atom. The fraction of sp³-hybridized carbons (Fsp3) is 0.393. The van der Waals surface area contributed by atoms with Gasteiger partial charge in [-0.05, 0) is 30.5 Å². The van der Waals surface area contributed by atoms with Crippen LogP contribution in [-0.4, -0.2) is 27.6 Å². The van der Waals surface area contributed by atoms with Crippen molar-refractivity contribution in [2.45, 2.75) is 71.8 Å². The molecule has 1 heterocycles. The zero-order chi connectivity index (χ0) is 24.7. The lowest BCUT2D eigenvalue weighted by molar-refractivity contribution is -0.126. The van der Waals surface area contributed by atoms with Gasteiger partial charge in [-0.3, -0.25) is 9.59 Å². The van der Waals surface area contributed by atoms with Gasteiger partial charge in [0.1, 0.15) is 11.9 Å². The second kappa shape index (κ2) is 11.1. The van der Waals surface area contributed by atoms with Crippen molar-refractivity contribution >= 4 is 17.6 Å². The zero-order valence-corrected chi connectivity index (χ0v) is 20.9. The standard InChI is InChI=1S/C28H36N4O2/c1-6-7-17-26(33)29-22(18-21-14-9-8-10-15-21)27(34)30-25-19-24(28(3,4)5)31-32(25)23-16-12-11-13-20(23)2/h8-16,19,22H,6-7,17-18H2,1-5H3,(H,29,33)(H,30,34). The summed E-state index contributed by atoms with van der Waals surface area (Å²) in [6, 6.07) is 18.9. The molecule has 0 fully saturated rings. The minimum atomic E-state index is -0.690. The van der Waals surface area contributed by atoms with Gasteiger partial charge in [0.2, 0.25) is 11.8 Å². The van der Waals surface area contributed by atoms with Gasteiger partial charge in [-0.1, -0.05) is 82.6 Å². The molecule has 6 nitrogen and oxygen atoms in total. The first-order valence-electron chi connectivity index (χ1n) is 12.0. The van der Waals surface area contributed by atoms with E-state index in [-0.39, 0.29) is 17.2 Å². The number of benzene rings is 2. The lowest BCUT2D eigenvalue weighted by Crippen LogP contribution is -2.45. The maximum absolute atomic E-state index is 13.5. The smallest absolute Gasteiger partial charge is 0.248 e. The van der Waals surface area contributed by atoms with Crippen molar-refractivity contribution in [1.29, 1.82) is 0 Å². The maximum Gasteiger partial charge on any atom is 0.248 e. The fourth-order valence-electron chi connectivity index (χ4n) is 3.70. The molecule has 0 saturated heterocycles. The van der Waals surface area contributed by atoms with Crippen molar-refractivity contribution in [3.63, 3.8) is 0 Å². The average molecular weight is 461 g/mol. The molecule has 6 heteroatoms. The Hall–Kier alpha value is -3.41. The van der Waals surface area contributed by atoms with E-state index in [4.69, 9.17) is 5.10 Å².